The minimum atomic E-state index is -1.44. The summed E-state index contributed by atoms with van der Waals surface area (Å²) in [7, 11) is 0. The molecule has 1 unspecified atom stereocenters. The van der Waals surface area contributed by atoms with Crippen molar-refractivity contribution in [3.05, 3.63) is 39.9 Å². The van der Waals surface area contributed by atoms with Gasteiger partial charge in [0.05, 0.1) is 11.1 Å². The van der Waals surface area contributed by atoms with Crippen LogP contribution in [-0.2, 0) is 9.59 Å². The van der Waals surface area contributed by atoms with Crippen LogP contribution in [0.1, 0.15) is 24.4 Å². The number of halogens is 2. The first-order valence-electron chi connectivity index (χ1n) is 6.75. The Bertz CT molecular complexity index is 678. The van der Waals surface area contributed by atoms with Gasteiger partial charge < -0.3 is 15.2 Å². The average Bonchev–Trinajstić information content (AvgIpc) is 3.07. The second-order valence-corrected chi connectivity index (χ2v) is 6.25. The van der Waals surface area contributed by atoms with Crippen LogP contribution in [0.2, 0.25) is 10.0 Å². The number of aliphatic carboxylic acids is 1. The molecule has 1 heterocycles. The molecule has 1 aromatic carbocycles. The smallest absolute Gasteiger partial charge is 0.319 e. The van der Waals surface area contributed by atoms with Gasteiger partial charge in [0, 0.05) is 10.6 Å². The molecular formula is C15H13Cl2NO4. The number of hydrogen-bond acceptors (Lipinski definition) is 3. The van der Waals surface area contributed by atoms with E-state index in [2.05, 4.69) is 5.32 Å². The number of carbonyl (C=O) groups excluding carboxylic acids is 1. The highest BCUT2D eigenvalue weighted by atomic mass is 35.5. The maximum atomic E-state index is 12.5. The molecule has 0 bridgehead atoms. The van der Waals surface area contributed by atoms with Crippen molar-refractivity contribution in [1.29, 1.82) is 0 Å². The van der Waals surface area contributed by atoms with Crippen molar-refractivity contribution in [3.8, 4) is 5.75 Å². The van der Waals surface area contributed by atoms with Gasteiger partial charge in [-0.15, -0.1) is 0 Å². The molecule has 1 amide bonds. The molecule has 2 aliphatic rings. The topological polar surface area (TPSA) is 75.6 Å². The van der Waals surface area contributed by atoms with Crippen LogP contribution in [0.3, 0.4) is 0 Å². The summed E-state index contributed by atoms with van der Waals surface area (Å²) in [6.45, 7) is 0.199. The maximum absolute atomic E-state index is 12.5. The van der Waals surface area contributed by atoms with Crippen LogP contribution in [0.5, 0.6) is 5.75 Å². The highest BCUT2D eigenvalue weighted by Crippen LogP contribution is 2.41. The van der Waals surface area contributed by atoms with Crippen molar-refractivity contribution in [2.45, 2.75) is 18.9 Å². The van der Waals surface area contributed by atoms with Gasteiger partial charge in [0.15, 0.2) is 5.41 Å². The Kier molecular flexibility index (Phi) is 3.78. The van der Waals surface area contributed by atoms with Gasteiger partial charge in [-0.05, 0) is 25.0 Å². The zero-order valence-electron chi connectivity index (χ0n) is 11.4. The largest absolute Gasteiger partial charge is 0.489 e. The molecule has 0 saturated heterocycles. The number of carbonyl (C=O) groups is 2. The fraction of sp³-hybridized carbons (Fsp3) is 0.333. The summed E-state index contributed by atoms with van der Waals surface area (Å²) >= 11 is 12.0. The van der Waals surface area contributed by atoms with Crippen LogP contribution in [0, 0.1) is 5.41 Å². The van der Waals surface area contributed by atoms with Crippen molar-refractivity contribution in [1.82, 2.24) is 5.32 Å². The number of ether oxygens (including phenoxy) is 1. The van der Waals surface area contributed by atoms with E-state index in [-0.39, 0.29) is 19.4 Å². The lowest BCUT2D eigenvalue weighted by Crippen LogP contribution is -2.46. The summed E-state index contributed by atoms with van der Waals surface area (Å²) < 4.78 is 5.49. The Morgan fingerprint density at radius 1 is 1.27 bits per heavy atom. The van der Waals surface area contributed by atoms with E-state index in [1.807, 2.05) is 0 Å². The van der Waals surface area contributed by atoms with E-state index in [0.29, 0.717) is 21.4 Å². The molecule has 0 fully saturated rings. The Balaban J connectivity index is 1.84. The van der Waals surface area contributed by atoms with E-state index in [1.165, 1.54) is 0 Å². The molecule has 116 valence electrons. The standard InChI is InChI=1S/C15H13Cl2NO4/c16-8-5-9-11(7-22-12(9)10(17)6-8)18-13(19)15(14(20)21)3-1-2-4-15/h1-2,5-6,11H,3-4,7H2,(H,18,19)(H,20,21). The SMILES string of the molecule is O=C(O)C1(C(=O)NC2COc3c(Cl)cc(Cl)cc32)CC=CC1. The van der Waals surface area contributed by atoms with Crippen molar-refractivity contribution in [2.24, 2.45) is 5.41 Å². The summed E-state index contributed by atoms with van der Waals surface area (Å²) in [4.78, 5) is 24.0. The van der Waals surface area contributed by atoms with Gasteiger partial charge in [-0.2, -0.15) is 0 Å². The number of hydrogen-bond donors (Lipinski definition) is 2. The predicted octanol–water partition coefficient (Wildman–Crippen LogP) is 2.96. The van der Waals surface area contributed by atoms with Gasteiger partial charge in [0.1, 0.15) is 12.4 Å². The first-order chi connectivity index (χ1) is 10.4. The van der Waals surface area contributed by atoms with Gasteiger partial charge in [-0.1, -0.05) is 35.4 Å². The molecule has 22 heavy (non-hydrogen) atoms. The minimum Gasteiger partial charge on any atom is -0.489 e. The Hall–Kier alpha value is -1.72. The molecular weight excluding hydrogens is 329 g/mol. The number of carboxylic acids is 1. The third-order valence-electron chi connectivity index (χ3n) is 4.06. The van der Waals surface area contributed by atoms with Crippen molar-refractivity contribution < 1.29 is 19.4 Å². The minimum absolute atomic E-state index is 0.185. The van der Waals surface area contributed by atoms with Crippen molar-refractivity contribution >= 4 is 35.1 Å². The van der Waals surface area contributed by atoms with Gasteiger partial charge in [0.25, 0.3) is 0 Å². The number of amides is 1. The van der Waals surface area contributed by atoms with Crippen LogP contribution in [0.4, 0.5) is 0 Å². The van der Waals surface area contributed by atoms with E-state index >= 15 is 0 Å². The molecule has 1 aliphatic carbocycles. The summed E-state index contributed by atoms with van der Waals surface area (Å²) in [5, 5.41) is 13.0. The second kappa shape index (κ2) is 5.48. The zero-order chi connectivity index (χ0) is 15.9. The van der Waals surface area contributed by atoms with E-state index in [4.69, 9.17) is 27.9 Å². The average molecular weight is 342 g/mol. The van der Waals surface area contributed by atoms with Gasteiger partial charge in [0.2, 0.25) is 5.91 Å². The fourth-order valence-corrected chi connectivity index (χ4v) is 3.34. The monoisotopic (exact) mass is 341 g/mol. The molecule has 0 spiro atoms. The first kappa shape index (κ1) is 15.2. The zero-order valence-corrected chi connectivity index (χ0v) is 12.9. The second-order valence-electron chi connectivity index (χ2n) is 5.41. The molecule has 1 aliphatic heterocycles. The molecule has 7 heteroatoms. The molecule has 2 N–H and O–H groups in total. The van der Waals surface area contributed by atoms with Gasteiger partial charge >= 0.3 is 5.97 Å². The van der Waals surface area contributed by atoms with Crippen LogP contribution in [0.15, 0.2) is 24.3 Å². The van der Waals surface area contributed by atoms with E-state index in [0.717, 1.165) is 0 Å². The van der Waals surface area contributed by atoms with Crippen molar-refractivity contribution in [3.63, 3.8) is 0 Å². The lowest BCUT2D eigenvalue weighted by Gasteiger charge is -2.24. The molecule has 5 nitrogen and oxygen atoms in total. The normalized spacial score (nSPS) is 21.3. The Morgan fingerprint density at radius 2 is 1.95 bits per heavy atom. The number of nitrogens with one attached hydrogen (secondary N) is 1. The van der Waals surface area contributed by atoms with E-state index in [1.54, 1.807) is 24.3 Å². The summed E-state index contributed by atoms with van der Waals surface area (Å²) in [6.07, 6.45) is 3.79. The fourth-order valence-electron chi connectivity index (χ4n) is 2.77. The lowest BCUT2D eigenvalue weighted by molar-refractivity contribution is -0.155. The highest BCUT2D eigenvalue weighted by Gasteiger charge is 2.47. The molecule has 1 aromatic rings. The van der Waals surface area contributed by atoms with Gasteiger partial charge in [-0.25, -0.2) is 0 Å². The van der Waals surface area contributed by atoms with Crippen LogP contribution in [-0.4, -0.2) is 23.6 Å². The molecule has 1 atom stereocenters. The lowest BCUT2D eigenvalue weighted by atomic mass is 9.84. The molecule has 0 aromatic heterocycles. The van der Waals surface area contributed by atoms with E-state index in [9.17, 15) is 14.7 Å². The van der Waals surface area contributed by atoms with Gasteiger partial charge in [-0.3, -0.25) is 9.59 Å². The number of carboxylic acid groups (broad SMARTS) is 1. The van der Waals surface area contributed by atoms with E-state index < -0.39 is 23.3 Å². The first-order valence-corrected chi connectivity index (χ1v) is 7.51. The number of benzene rings is 1. The molecule has 0 saturated carbocycles. The third-order valence-corrected chi connectivity index (χ3v) is 4.55. The summed E-state index contributed by atoms with van der Waals surface area (Å²) in [5.41, 5.74) is -0.775. The number of rotatable bonds is 3. The third kappa shape index (κ3) is 2.34. The quantitative estimate of drug-likeness (QED) is 0.654. The summed E-state index contributed by atoms with van der Waals surface area (Å²) in [6, 6.07) is 2.77. The highest BCUT2D eigenvalue weighted by molar-refractivity contribution is 6.35. The summed E-state index contributed by atoms with van der Waals surface area (Å²) in [5.74, 6) is -1.17. The Labute approximate surface area is 136 Å². The number of fused-ring (bicyclic) bond motifs is 1. The molecule has 3 rings (SSSR count). The maximum Gasteiger partial charge on any atom is 0.319 e. The van der Waals surface area contributed by atoms with Crippen LogP contribution >= 0.6 is 23.2 Å². The Morgan fingerprint density at radius 3 is 2.59 bits per heavy atom. The number of allylic oxidation sites excluding steroid dienone is 2. The van der Waals surface area contributed by atoms with Crippen LogP contribution < -0.4 is 10.1 Å². The van der Waals surface area contributed by atoms with Crippen LogP contribution in [0.25, 0.3) is 0 Å². The van der Waals surface area contributed by atoms with Crippen molar-refractivity contribution in [2.75, 3.05) is 6.61 Å². The predicted molar refractivity (Wildman–Crippen MR) is 81.3 cm³/mol. The molecule has 0 radical (unpaired) electrons.